The van der Waals surface area contributed by atoms with Gasteiger partial charge in [-0.2, -0.15) is 5.10 Å². The van der Waals surface area contributed by atoms with E-state index in [2.05, 4.69) is 22.0 Å². The number of carbonyl (C=O) groups excluding carboxylic acids is 2. The summed E-state index contributed by atoms with van der Waals surface area (Å²) in [5.41, 5.74) is 2.38. The van der Waals surface area contributed by atoms with Gasteiger partial charge in [-0.1, -0.05) is 44.7 Å². The minimum Gasteiger partial charge on any atom is -0.491 e. The van der Waals surface area contributed by atoms with Gasteiger partial charge < -0.3 is 19.7 Å². The molecule has 0 saturated carbocycles. The molecule has 12 heteroatoms. The number of aldehydes is 1. The maximum atomic E-state index is 13.9. The number of rotatable bonds is 8. The second kappa shape index (κ2) is 13.5. The molecule has 5 rings (SSSR count). The summed E-state index contributed by atoms with van der Waals surface area (Å²) in [7, 11) is -1.91. The molecule has 0 spiro atoms. The Hall–Kier alpha value is -5.10. The molecule has 240 valence electrons. The number of fused-ring (bicyclic) bond motifs is 1. The van der Waals surface area contributed by atoms with E-state index in [-0.39, 0.29) is 35.5 Å². The predicted molar refractivity (Wildman–Crippen MR) is 180 cm³/mol. The lowest BCUT2D eigenvalue weighted by atomic mass is 9.85. The van der Waals surface area contributed by atoms with E-state index >= 15 is 0 Å². The fraction of sp³-hybridized carbons (Fsp3) is 0.265. The molecule has 2 aromatic carbocycles. The molecule has 0 radical (unpaired) electrons. The van der Waals surface area contributed by atoms with Crippen LogP contribution in [0.25, 0.3) is 17.3 Å². The Morgan fingerprint density at radius 3 is 2.41 bits per heavy atom. The van der Waals surface area contributed by atoms with Crippen LogP contribution < -0.4 is 20.5 Å². The monoisotopic (exact) mass is 643 g/mol. The Kier molecular flexibility index (Phi) is 9.91. The molecular formula is C34H37N5O6S. The number of anilines is 3. The van der Waals surface area contributed by atoms with Crippen molar-refractivity contribution in [1.82, 2.24) is 14.8 Å². The van der Waals surface area contributed by atoms with Gasteiger partial charge in [0.15, 0.2) is 9.84 Å². The van der Waals surface area contributed by atoms with E-state index in [1.54, 1.807) is 55.2 Å². The molecule has 1 aliphatic heterocycles. The first-order chi connectivity index (χ1) is 21.8. The molecule has 0 fully saturated rings. The third kappa shape index (κ3) is 6.76. The maximum absolute atomic E-state index is 13.9. The topological polar surface area (TPSA) is 141 Å². The molecule has 3 heterocycles. The quantitative estimate of drug-likeness (QED) is 0.257. The van der Waals surface area contributed by atoms with Crippen LogP contribution in [0.15, 0.2) is 77.1 Å². The van der Waals surface area contributed by atoms with E-state index in [9.17, 15) is 22.8 Å². The zero-order valence-corrected chi connectivity index (χ0v) is 27.5. The number of amides is 1. The van der Waals surface area contributed by atoms with Crippen LogP contribution >= 0.6 is 0 Å². The van der Waals surface area contributed by atoms with E-state index in [4.69, 9.17) is 4.74 Å². The first-order valence-corrected chi connectivity index (χ1v) is 16.6. The van der Waals surface area contributed by atoms with Crippen LogP contribution in [0.3, 0.4) is 0 Å². The highest BCUT2D eigenvalue weighted by Crippen LogP contribution is 2.36. The van der Waals surface area contributed by atoms with Gasteiger partial charge in [-0.15, -0.1) is 0 Å². The second-order valence-corrected chi connectivity index (χ2v) is 13.0. The summed E-state index contributed by atoms with van der Waals surface area (Å²) in [5, 5.41) is 7.42. The van der Waals surface area contributed by atoms with E-state index in [0.29, 0.717) is 33.8 Å². The van der Waals surface area contributed by atoms with Gasteiger partial charge in [0, 0.05) is 36.0 Å². The fourth-order valence-electron chi connectivity index (χ4n) is 4.88. The zero-order chi connectivity index (χ0) is 33.8. The van der Waals surface area contributed by atoms with E-state index in [1.165, 1.54) is 30.1 Å². The number of ether oxygens (including phenoxy) is 1. The average molecular weight is 644 g/mol. The predicted octanol–water partition coefficient (Wildman–Crippen LogP) is 5.17. The van der Waals surface area contributed by atoms with Crippen LogP contribution in [0.1, 0.15) is 49.2 Å². The summed E-state index contributed by atoms with van der Waals surface area (Å²) in [6.07, 6.45) is 4.80. The van der Waals surface area contributed by atoms with E-state index in [1.807, 2.05) is 26.0 Å². The summed E-state index contributed by atoms with van der Waals surface area (Å²) < 4.78 is 30.7. The highest BCUT2D eigenvalue weighted by Gasteiger charge is 2.29. The van der Waals surface area contributed by atoms with Crippen molar-refractivity contribution in [3.05, 3.63) is 94.4 Å². The lowest BCUT2D eigenvalue weighted by molar-refractivity contribution is -0.111. The van der Waals surface area contributed by atoms with Crippen LogP contribution in [-0.4, -0.2) is 54.8 Å². The van der Waals surface area contributed by atoms with Crippen LogP contribution in [-0.2, 0) is 27.1 Å². The van der Waals surface area contributed by atoms with Gasteiger partial charge in [0.25, 0.3) is 11.5 Å². The van der Waals surface area contributed by atoms with Gasteiger partial charge in [0.05, 0.1) is 28.4 Å². The zero-order valence-electron chi connectivity index (χ0n) is 26.7. The molecule has 1 aliphatic rings. The lowest BCUT2D eigenvalue weighted by Crippen LogP contribution is -2.33. The lowest BCUT2D eigenvalue weighted by Gasteiger charge is -2.24. The smallest absolute Gasteiger partial charge is 0.290 e. The molecule has 0 unspecified atom stereocenters. The van der Waals surface area contributed by atoms with Crippen molar-refractivity contribution in [2.75, 3.05) is 29.6 Å². The normalized spacial score (nSPS) is 13.0. The number of carbonyl (C=O) groups is 2. The molecule has 0 atom stereocenters. The Morgan fingerprint density at radius 2 is 1.78 bits per heavy atom. The largest absolute Gasteiger partial charge is 0.491 e. The summed E-state index contributed by atoms with van der Waals surface area (Å²) >= 11 is 0. The van der Waals surface area contributed by atoms with Crippen molar-refractivity contribution in [1.29, 1.82) is 0 Å². The van der Waals surface area contributed by atoms with Gasteiger partial charge in [-0.3, -0.25) is 9.59 Å². The molecule has 11 nitrogen and oxygen atoms in total. The van der Waals surface area contributed by atoms with Gasteiger partial charge in [0.1, 0.15) is 30.1 Å². The van der Waals surface area contributed by atoms with Crippen molar-refractivity contribution in [3.8, 4) is 17.0 Å². The molecule has 2 aromatic heterocycles. The number of aryl methyl sites for hydroxylation is 1. The average Bonchev–Trinajstić information content (AvgIpc) is 3.21. The summed E-state index contributed by atoms with van der Waals surface area (Å²) in [4.78, 5) is 44.2. The number of benzene rings is 2. The van der Waals surface area contributed by atoms with Crippen LogP contribution in [0.2, 0.25) is 0 Å². The standard InChI is InChI=1S/C32H31N5O6S.C2H6/c1-6-22-23(25-17-26(31(40)36(4)35-25)34-29-13-11-21(18-33-29)44(5,41)42)8-7-9-27(22)37-14-15-43-28-16-20(32(2,3)19-38)10-12-24(28)30(37)39;1-2/h6-13,16-19H,1,14-15H2,2-5H3,(H,33,34);1-2H3. The number of sulfone groups is 1. The molecule has 0 bridgehead atoms. The second-order valence-electron chi connectivity index (χ2n) is 10.9. The van der Waals surface area contributed by atoms with E-state index < -0.39 is 20.8 Å². The third-order valence-electron chi connectivity index (χ3n) is 7.41. The molecular weight excluding hydrogens is 606 g/mol. The van der Waals surface area contributed by atoms with Gasteiger partial charge >= 0.3 is 0 Å². The summed E-state index contributed by atoms with van der Waals surface area (Å²) in [5.74, 6) is 0.417. The van der Waals surface area contributed by atoms with E-state index in [0.717, 1.165) is 18.1 Å². The van der Waals surface area contributed by atoms with Crippen LogP contribution in [0, 0.1) is 0 Å². The highest BCUT2D eigenvalue weighted by atomic mass is 32.2. The Labute approximate surface area is 268 Å². The van der Waals surface area contributed by atoms with Crippen molar-refractivity contribution in [3.63, 3.8) is 0 Å². The minimum absolute atomic E-state index is 0.0557. The fourth-order valence-corrected chi connectivity index (χ4v) is 5.44. The minimum atomic E-state index is -3.43. The van der Waals surface area contributed by atoms with Crippen molar-refractivity contribution in [2.24, 2.45) is 7.05 Å². The number of hydrogen-bond donors (Lipinski definition) is 1. The number of aromatic nitrogens is 3. The Morgan fingerprint density at radius 1 is 1.04 bits per heavy atom. The van der Waals surface area contributed by atoms with Crippen molar-refractivity contribution in [2.45, 2.75) is 38.0 Å². The molecule has 1 N–H and O–H groups in total. The SMILES string of the molecule is C=Cc1c(-c2cc(Nc3ccc(S(C)(=O)=O)cn3)c(=O)n(C)n2)cccc1N1CCOc2cc(C(C)(C)C=O)ccc2C1=O.CC. The number of nitrogens with one attached hydrogen (secondary N) is 1. The molecule has 0 aliphatic carbocycles. The number of pyridine rings is 1. The van der Waals surface area contributed by atoms with Crippen molar-refractivity contribution >= 4 is 45.3 Å². The highest BCUT2D eigenvalue weighted by molar-refractivity contribution is 7.90. The Bertz CT molecular complexity index is 1970. The summed E-state index contributed by atoms with van der Waals surface area (Å²) in [6.45, 7) is 12.1. The summed E-state index contributed by atoms with van der Waals surface area (Å²) in [6, 6.07) is 15.0. The van der Waals surface area contributed by atoms with Crippen LogP contribution in [0.4, 0.5) is 17.2 Å². The number of nitrogens with zero attached hydrogens (tertiary/aromatic N) is 4. The van der Waals surface area contributed by atoms with Crippen molar-refractivity contribution < 1.29 is 22.7 Å². The van der Waals surface area contributed by atoms with Gasteiger partial charge in [-0.25, -0.2) is 18.1 Å². The maximum Gasteiger partial charge on any atom is 0.290 e. The molecule has 46 heavy (non-hydrogen) atoms. The van der Waals surface area contributed by atoms with Gasteiger partial charge in [0.2, 0.25) is 0 Å². The first-order valence-electron chi connectivity index (χ1n) is 14.7. The van der Waals surface area contributed by atoms with Crippen LogP contribution in [0.5, 0.6) is 5.75 Å². The molecule has 4 aromatic rings. The van der Waals surface area contributed by atoms with Gasteiger partial charge in [-0.05, 0) is 55.8 Å². The molecule has 1 amide bonds. The Balaban J connectivity index is 0.00000235. The third-order valence-corrected chi connectivity index (χ3v) is 8.51. The number of hydrogen-bond acceptors (Lipinski definition) is 9. The first kappa shape index (κ1) is 33.8. The molecule has 0 saturated heterocycles.